The molecule has 164 valence electrons. The number of hydrogen-bond acceptors (Lipinski definition) is 8. The van der Waals surface area contributed by atoms with Gasteiger partial charge < -0.3 is 35.0 Å². The number of phenols is 3. The number of benzene rings is 3. The number of aliphatic hydroxyl groups excluding tert-OH is 1. The van der Waals surface area contributed by atoms with Crippen molar-refractivity contribution in [2.24, 2.45) is 0 Å². The molecule has 0 radical (unpaired) electrons. The molecule has 0 aromatic heterocycles. The van der Waals surface area contributed by atoms with Gasteiger partial charge in [-0.15, -0.1) is 0 Å². The van der Waals surface area contributed by atoms with Crippen LogP contribution >= 0.6 is 0 Å². The van der Waals surface area contributed by atoms with Crippen LogP contribution in [0.1, 0.15) is 42.9 Å². The zero-order chi connectivity index (χ0) is 22.7. The Morgan fingerprint density at radius 1 is 1.10 bits per heavy atom. The number of aromatic hydroxyl groups is 3. The molecule has 3 aromatic carbocycles. The van der Waals surface area contributed by atoms with Crippen molar-refractivity contribution in [2.75, 3.05) is 14.2 Å². The molecular weight excluding hydrogens is 404 g/mol. The summed E-state index contributed by atoms with van der Waals surface area (Å²) in [6, 6.07) is 6.23. The lowest BCUT2D eigenvalue weighted by Gasteiger charge is -2.41. The third kappa shape index (κ3) is 2.79. The molecule has 0 fully saturated rings. The molecule has 0 heterocycles. The Labute approximate surface area is 177 Å². The Hall–Kier alpha value is -3.23. The van der Waals surface area contributed by atoms with E-state index in [0.29, 0.717) is 0 Å². The Morgan fingerprint density at radius 2 is 1.81 bits per heavy atom. The molecule has 8 heteroatoms. The van der Waals surface area contributed by atoms with Crippen molar-refractivity contribution in [2.45, 2.75) is 37.4 Å². The number of ether oxygens (including phenoxy) is 2. The number of methoxy groups -OCH3 is 2. The van der Waals surface area contributed by atoms with Gasteiger partial charge in [-0.05, 0) is 24.1 Å². The minimum Gasteiger partial charge on any atom is -0.507 e. The molecule has 0 amide bonds. The summed E-state index contributed by atoms with van der Waals surface area (Å²) in [6.07, 6.45) is -1.37. The highest BCUT2D eigenvalue weighted by molar-refractivity contribution is 6.15. The Kier molecular flexibility index (Phi) is 4.87. The van der Waals surface area contributed by atoms with E-state index in [-0.39, 0.29) is 62.8 Å². The smallest absolute Gasteiger partial charge is 0.316 e. The van der Waals surface area contributed by atoms with Crippen LogP contribution in [-0.2, 0) is 9.53 Å². The van der Waals surface area contributed by atoms with Gasteiger partial charge in [0.2, 0.25) is 0 Å². The topological polar surface area (TPSA) is 137 Å². The van der Waals surface area contributed by atoms with Gasteiger partial charge >= 0.3 is 5.97 Å². The molecular formula is C23H24O8. The first-order valence-corrected chi connectivity index (χ1v) is 9.88. The van der Waals surface area contributed by atoms with Crippen LogP contribution in [0.5, 0.6) is 23.0 Å². The van der Waals surface area contributed by atoms with Gasteiger partial charge in [-0.3, -0.25) is 4.79 Å². The van der Waals surface area contributed by atoms with Crippen LogP contribution in [0.4, 0.5) is 0 Å². The summed E-state index contributed by atoms with van der Waals surface area (Å²) in [6.45, 7) is 1.68. The lowest BCUT2D eigenvalue weighted by molar-refractivity contribution is -0.153. The zero-order valence-electron chi connectivity index (χ0n) is 17.3. The molecule has 0 spiro atoms. The van der Waals surface area contributed by atoms with Crippen LogP contribution < -0.4 is 4.74 Å². The summed E-state index contributed by atoms with van der Waals surface area (Å²) in [4.78, 5) is 12.6. The number of carbonyl (C=O) groups excluding carboxylic acids is 1. The summed E-state index contributed by atoms with van der Waals surface area (Å²) in [5.74, 6) is -2.70. The van der Waals surface area contributed by atoms with E-state index in [1.807, 2.05) is 0 Å². The van der Waals surface area contributed by atoms with Crippen molar-refractivity contribution in [1.82, 2.24) is 0 Å². The highest BCUT2D eigenvalue weighted by atomic mass is 16.5. The highest BCUT2D eigenvalue weighted by Gasteiger charge is 2.50. The van der Waals surface area contributed by atoms with Gasteiger partial charge in [0.05, 0.1) is 36.7 Å². The van der Waals surface area contributed by atoms with Crippen LogP contribution in [0, 0.1) is 0 Å². The van der Waals surface area contributed by atoms with E-state index in [1.54, 1.807) is 25.1 Å². The third-order valence-corrected chi connectivity index (χ3v) is 6.38. The highest BCUT2D eigenvalue weighted by Crippen LogP contribution is 2.55. The van der Waals surface area contributed by atoms with Gasteiger partial charge in [0.25, 0.3) is 0 Å². The fraction of sp³-hybridized carbons (Fsp3) is 0.348. The first-order valence-electron chi connectivity index (χ1n) is 9.88. The standard InChI is InChI=1S/C23H24O8/c1-4-23(29)9-13(24)15-11(18(23)22(28)31-3)8-12-17(20(15)26)21(27)16-10(19(12)25)6-5-7-14(16)30-2/h5-8,13,18,24-27,29H,4,9H2,1-3H3/t13-,18-,23+/m0/s1. The molecule has 4 rings (SSSR count). The van der Waals surface area contributed by atoms with Crippen molar-refractivity contribution in [3.63, 3.8) is 0 Å². The first-order chi connectivity index (χ1) is 14.7. The van der Waals surface area contributed by atoms with Crippen LogP contribution in [-0.4, -0.2) is 51.3 Å². The number of carbonyl (C=O) groups is 1. The number of aliphatic hydroxyl groups is 2. The number of hydrogen-bond donors (Lipinski definition) is 5. The average molecular weight is 428 g/mol. The predicted octanol–water partition coefficient (Wildman–Crippen LogP) is 2.95. The quantitative estimate of drug-likeness (QED) is 0.244. The number of rotatable bonds is 3. The predicted molar refractivity (Wildman–Crippen MR) is 113 cm³/mol. The zero-order valence-corrected chi connectivity index (χ0v) is 17.3. The molecule has 31 heavy (non-hydrogen) atoms. The largest absolute Gasteiger partial charge is 0.507 e. The van der Waals surface area contributed by atoms with E-state index in [1.165, 1.54) is 20.3 Å². The van der Waals surface area contributed by atoms with E-state index >= 15 is 0 Å². The number of phenolic OH excluding ortho intramolecular Hbond substituents is 3. The normalized spacial score (nSPS) is 23.0. The molecule has 8 nitrogen and oxygen atoms in total. The van der Waals surface area contributed by atoms with Gasteiger partial charge in [-0.1, -0.05) is 19.1 Å². The van der Waals surface area contributed by atoms with E-state index < -0.39 is 29.3 Å². The molecule has 0 saturated carbocycles. The molecule has 3 aromatic rings. The van der Waals surface area contributed by atoms with Gasteiger partial charge in [-0.2, -0.15) is 0 Å². The minimum absolute atomic E-state index is 0.00460. The lowest BCUT2D eigenvalue weighted by atomic mass is 9.68. The van der Waals surface area contributed by atoms with Gasteiger partial charge in [0.15, 0.2) is 0 Å². The summed E-state index contributed by atoms with van der Waals surface area (Å²) >= 11 is 0. The van der Waals surface area contributed by atoms with Gasteiger partial charge in [0, 0.05) is 22.8 Å². The van der Waals surface area contributed by atoms with E-state index in [9.17, 15) is 30.3 Å². The van der Waals surface area contributed by atoms with Crippen molar-refractivity contribution < 1.29 is 39.8 Å². The van der Waals surface area contributed by atoms with E-state index in [2.05, 4.69) is 0 Å². The first kappa shape index (κ1) is 21.0. The molecule has 0 unspecified atom stereocenters. The Balaban J connectivity index is 2.18. The van der Waals surface area contributed by atoms with Crippen molar-refractivity contribution >= 4 is 27.5 Å². The molecule has 0 aliphatic heterocycles. The fourth-order valence-corrected chi connectivity index (χ4v) is 4.79. The minimum atomic E-state index is -1.61. The SMILES string of the molecule is CC[C@@]1(O)C[C@H](O)c2c(cc3c(O)c4cccc(OC)c4c(O)c3c2O)[C@H]1C(=O)OC. The molecule has 1 aliphatic rings. The maximum absolute atomic E-state index is 12.6. The second kappa shape index (κ2) is 7.18. The maximum Gasteiger partial charge on any atom is 0.316 e. The number of esters is 1. The van der Waals surface area contributed by atoms with Crippen molar-refractivity contribution in [3.05, 3.63) is 35.4 Å². The van der Waals surface area contributed by atoms with E-state index in [0.717, 1.165) is 0 Å². The monoisotopic (exact) mass is 428 g/mol. The van der Waals surface area contributed by atoms with Gasteiger partial charge in [0.1, 0.15) is 28.9 Å². The van der Waals surface area contributed by atoms with Crippen LogP contribution in [0.25, 0.3) is 21.5 Å². The Bertz CT molecular complexity index is 1220. The summed E-state index contributed by atoms with van der Waals surface area (Å²) in [5.41, 5.74) is -1.47. The van der Waals surface area contributed by atoms with E-state index in [4.69, 9.17) is 9.47 Å². The fourth-order valence-electron chi connectivity index (χ4n) is 4.79. The average Bonchev–Trinajstić information content (AvgIpc) is 2.75. The second-order valence-corrected chi connectivity index (χ2v) is 7.86. The Morgan fingerprint density at radius 3 is 2.42 bits per heavy atom. The summed E-state index contributed by atoms with van der Waals surface area (Å²) < 4.78 is 10.2. The second-order valence-electron chi connectivity index (χ2n) is 7.86. The van der Waals surface area contributed by atoms with Crippen molar-refractivity contribution in [3.8, 4) is 23.0 Å². The third-order valence-electron chi connectivity index (χ3n) is 6.38. The van der Waals surface area contributed by atoms with Crippen molar-refractivity contribution in [1.29, 1.82) is 0 Å². The summed E-state index contributed by atoms with van der Waals surface area (Å²) in [5, 5.41) is 55.5. The number of fused-ring (bicyclic) bond motifs is 3. The van der Waals surface area contributed by atoms with Crippen LogP contribution in [0.15, 0.2) is 24.3 Å². The lowest BCUT2D eigenvalue weighted by Crippen LogP contribution is -2.45. The molecule has 0 saturated heterocycles. The van der Waals surface area contributed by atoms with Crippen LogP contribution in [0.2, 0.25) is 0 Å². The summed E-state index contributed by atoms with van der Waals surface area (Å²) in [7, 11) is 2.60. The maximum atomic E-state index is 12.6. The molecule has 5 N–H and O–H groups in total. The molecule has 3 atom stereocenters. The van der Waals surface area contributed by atoms with Crippen LogP contribution in [0.3, 0.4) is 0 Å². The molecule has 1 aliphatic carbocycles. The van der Waals surface area contributed by atoms with Gasteiger partial charge in [-0.25, -0.2) is 0 Å². The molecule has 0 bridgehead atoms.